The van der Waals surface area contributed by atoms with Crippen molar-refractivity contribution in [3.63, 3.8) is 0 Å². The quantitative estimate of drug-likeness (QED) is 0.365. The van der Waals surface area contributed by atoms with Gasteiger partial charge in [0, 0.05) is 16.7 Å². The van der Waals surface area contributed by atoms with Gasteiger partial charge in [-0.15, -0.1) is 0 Å². The molecule has 0 amide bonds. The van der Waals surface area contributed by atoms with Crippen LogP contribution in [-0.4, -0.2) is 26.4 Å². The van der Waals surface area contributed by atoms with Gasteiger partial charge in [-0.1, -0.05) is 11.6 Å². The van der Waals surface area contributed by atoms with Crippen LogP contribution in [0.2, 0.25) is 5.02 Å². The second-order valence-corrected chi connectivity index (χ2v) is 5.93. The fourth-order valence-corrected chi connectivity index (χ4v) is 2.67. The van der Waals surface area contributed by atoms with Crippen molar-refractivity contribution < 1.29 is 22.9 Å². The van der Waals surface area contributed by atoms with E-state index in [-0.39, 0.29) is 0 Å². The molecular formula is C8H5Cl2NO6S. The number of halogens is 2. The number of carbonyl (C=O) groups excluding carboxylic acids is 1. The van der Waals surface area contributed by atoms with Crippen LogP contribution in [0.5, 0.6) is 0 Å². The lowest BCUT2D eigenvalue weighted by atomic mass is 10.2. The highest BCUT2D eigenvalue weighted by Gasteiger charge is 2.27. The Morgan fingerprint density at radius 1 is 1.44 bits per heavy atom. The summed E-state index contributed by atoms with van der Waals surface area (Å²) in [5, 5.41) is 10.3. The molecule has 0 N–H and O–H groups in total. The fraction of sp³-hybridized carbons (Fsp3) is 0.125. The summed E-state index contributed by atoms with van der Waals surface area (Å²) in [6.45, 7) is 0. The number of benzene rings is 1. The zero-order valence-electron chi connectivity index (χ0n) is 8.72. The molecule has 0 fully saturated rings. The molecule has 1 aromatic rings. The second-order valence-electron chi connectivity index (χ2n) is 2.99. The molecule has 0 radical (unpaired) electrons. The second kappa shape index (κ2) is 5.09. The maximum Gasteiger partial charge on any atom is 0.344 e. The largest absolute Gasteiger partial charge is 0.465 e. The first kappa shape index (κ1) is 14.7. The maximum atomic E-state index is 11.3. The minimum atomic E-state index is -4.25. The normalized spacial score (nSPS) is 11.1. The molecule has 0 bridgehead atoms. The van der Waals surface area contributed by atoms with Crippen molar-refractivity contribution in [3.05, 3.63) is 32.8 Å². The van der Waals surface area contributed by atoms with Crippen LogP contribution in [-0.2, 0) is 13.8 Å². The SMILES string of the molecule is COC(=O)c1cc(Cl)c(S(=O)(=O)Cl)cc1[N+](=O)[O-]. The maximum absolute atomic E-state index is 11.3. The van der Waals surface area contributed by atoms with Crippen molar-refractivity contribution in [1.82, 2.24) is 0 Å². The van der Waals surface area contributed by atoms with Crippen molar-refractivity contribution in [2.45, 2.75) is 4.90 Å². The van der Waals surface area contributed by atoms with Gasteiger partial charge in [-0.05, 0) is 6.07 Å². The topological polar surface area (TPSA) is 104 Å². The summed E-state index contributed by atoms with van der Waals surface area (Å²) in [5.41, 5.74) is -1.22. The number of carbonyl (C=O) groups is 1. The average molecular weight is 314 g/mol. The Bertz CT molecular complexity index is 627. The third-order valence-corrected chi connectivity index (χ3v) is 3.70. The van der Waals surface area contributed by atoms with Gasteiger partial charge in [0.15, 0.2) is 0 Å². The van der Waals surface area contributed by atoms with Gasteiger partial charge < -0.3 is 4.74 Å². The van der Waals surface area contributed by atoms with Gasteiger partial charge in [-0.25, -0.2) is 13.2 Å². The number of nitro benzene ring substituents is 1. The summed E-state index contributed by atoms with van der Waals surface area (Å²) >= 11 is 5.60. The predicted molar refractivity (Wildman–Crippen MR) is 62.5 cm³/mol. The zero-order valence-corrected chi connectivity index (χ0v) is 11.0. The standard InChI is InChI=1S/C8H5Cl2NO6S/c1-17-8(12)4-2-5(9)7(18(10,15)16)3-6(4)11(13)14/h2-3H,1H3. The predicted octanol–water partition coefficient (Wildman–Crippen LogP) is 1.96. The number of methoxy groups -OCH3 is 1. The van der Waals surface area contributed by atoms with Crippen molar-refractivity contribution in [3.8, 4) is 0 Å². The van der Waals surface area contributed by atoms with Gasteiger partial charge >= 0.3 is 5.97 Å². The third-order valence-electron chi connectivity index (χ3n) is 1.91. The van der Waals surface area contributed by atoms with E-state index < -0.39 is 41.1 Å². The first-order chi connectivity index (χ1) is 8.18. The van der Waals surface area contributed by atoms with E-state index in [0.717, 1.165) is 13.2 Å². The number of hydrogen-bond donors (Lipinski definition) is 0. The molecule has 0 saturated heterocycles. The van der Waals surface area contributed by atoms with Crippen molar-refractivity contribution in [2.24, 2.45) is 0 Å². The molecule has 0 heterocycles. The molecule has 1 aromatic carbocycles. The molecule has 7 nitrogen and oxygen atoms in total. The average Bonchev–Trinajstić information content (AvgIpc) is 2.25. The van der Waals surface area contributed by atoms with Gasteiger partial charge in [0.25, 0.3) is 14.7 Å². The lowest BCUT2D eigenvalue weighted by molar-refractivity contribution is -0.385. The van der Waals surface area contributed by atoms with E-state index in [1.807, 2.05) is 0 Å². The summed E-state index contributed by atoms with van der Waals surface area (Å²) in [4.78, 5) is 20.4. The molecular weight excluding hydrogens is 309 g/mol. The van der Waals surface area contributed by atoms with Crippen LogP contribution in [0.25, 0.3) is 0 Å². The summed E-state index contributed by atoms with van der Waals surface area (Å²) < 4.78 is 26.6. The molecule has 0 unspecified atom stereocenters. The number of esters is 1. The lowest BCUT2D eigenvalue weighted by Crippen LogP contribution is -2.07. The Balaban J connectivity index is 3.65. The van der Waals surface area contributed by atoms with Crippen LogP contribution in [0.1, 0.15) is 10.4 Å². The first-order valence-corrected chi connectivity index (χ1v) is 6.88. The highest BCUT2D eigenvalue weighted by atomic mass is 35.7. The van der Waals surface area contributed by atoms with Gasteiger partial charge in [-0.2, -0.15) is 0 Å². The van der Waals surface area contributed by atoms with E-state index in [4.69, 9.17) is 22.3 Å². The molecule has 0 atom stereocenters. The Morgan fingerprint density at radius 2 is 2.00 bits per heavy atom. The van der Waals surface area contributed by atoms with Crippen LogP contribution in [0.4, 0.5) is 5.69 Å². The lowest BCUT2D eigenvalue weighted by Gasteiger charge is -2.05. The van der Waals surface area contributed by atoms with Crippen LogP contribution in [0, 0.1) is 10.1 Å². The zero-order chi connectivity index (χ0) is 14.1. The van der Waals surface area contributed by atoms with Crippen molar-refractivity contribution >= 4 is 43.0 Å². The summed E-state index contributed by atoms with van der Waals surface area (Å²) in [7, 11) is 1.82. The Hall–Kier alpha value is -1.38. The Labute approximate surface area is 111 Å². The smallest absolute Gasteiger partial charge is 0.344 e. The van der Waals surface area contributed by atoms with Crippen LogP contribution in [0.3, 0.4) is 0 Å². The summed E-state index contributed by atoms with van der Waals surface area (Å²) in [6.07, 6.45) is 0. The number of ether oxygens (including phenoxy) is 1. The third kappa shape index (κ3) is 2.89. The number of hydrogen-bond acceptors (Lipinski definition) is 6. The van der Waals surface area contributed by atoms with Gasteiger partial charge in [0.05, 0.1) is 17.1 Å². The molecule has 0 aromatic heterocycles. The van der Waals surface area contributed by atoms with Crippen LogP contribution in [0.15, 0.2) is 17.0 Å². The number of nitro groups is 1. The van der Waals surface area contributed by atoms with Crippen LogP contribution >= 0.6 is 22.3 Å². The molecule has 0 aliphatic carbocycles. The number of rotatable bonds is 3. The van der Waals surface area contributed by atoms with Gasteiger partial charge in [0.2, 0.25) is 0 Å². The Morgan fingerprint density at radius 3 is 2.39 bits per heavy atom. The van der Waals surface area contributed by atoms with E-state index in [9.17, 15) is 23.3 Å². The van der Waals surface area contributed by atoms with Gasteiger partial charge in [0.1, 0.15) is 10.5 Å². The molecule has 0 aliphatic heterocycles. The van der Waals surface area contributed by atoms with Crippen molar-refractivity contribution in [2.75, 3.05) is 7.11 Å². The van der Waals surface area contributed by atoms with Crippen LogP contribution < -0.4 is 0 Å². The van der Waals surface area contributed by atoms with Gasteiger partial charge in [-0.3, -0.25) is 10.1 Å². The Kier molecular flexibility index (Phi) is 4.15. The molecule has 10 heteroatoms. The molecule has 98 valence electrons. The van der Waals surface area contributed by atoms with E-state index in [1.165, 1.54) is 0 Å². The summed E-state index contributed by atoms with van der Waals surface area (Å²) in [5.74, 6) is -1.01. The van der Waals surface area contributed by atoms with E-state index in [2.05, 4.69) is 4.74 Å². The highest BCUT2D eigenvalue weighted by Crippen LogP contribution is 2.32. The van der Waals surface area contributed by atoms with E-state index >= 15 is 0 Å². The van der Waals surface area contributed by atoms with E-state index in [0.29, 0.717) is 6.07 Å². The highest BCUT2D eigenvalue weighted by molar-refractivity contribution is 8.13. The molecule has 0 aliphatic rings. The van der Waals surface area contributed by atoms with E-state index in [1.54, 1.807) is 0 Å². The minimum Gasteiger partial charge on any atom is -0.465 e. The molecule has 0 saturated carbocycles. The molecule has 0 spiro atoms. The molecule has 1 rings (SSSR count). The minimum absolute atomic E-state index is 0.406. The molecule has 18 heavy (non-hydrogen) atoms. The summed E-state index contributed by atoms with van der Waals surface area (Å²) in [6, 6.07) is 1.43. The fourth-order valence-electron chi connectivity index (χ4n) is 1.15. The van der Waals surface area contributed by atoms with Crippen molar-refractivity contribution in [1.29, 1.82) is 0 Å². The monoisotopic (exact) mass is 313 g/mol. The number of nitrogens with zero attached hydrogens (tertiary/aromatic N) is 1. The first-order valence-electron chi connectivity index (χ1n) is 4.19.